The van der Waals surface area contributed by atoms with Crippen molar-refractivity contribution in [2.24, 2.45) is 5.92 Å². The second-order valence-electron chi connectivity index (χ2n) is 4.09. The summed E-state index contributed by atoms with van der Waals surface area (Å²) in [6, 6.07) is 0. The van der Waals surface area contributed by atoms with Gasteiger partial charge in [-0.25, -0.2) is 4.79 Å². The lowest BCUT2D eigenvalue weighted by Crippen LogP contribution is -2.25. The van der Waals surface area contributed by atoms with Crippen LogP contribution >= 0.6 is 0 Å². The molecule has 0 aliphatic heterocycles. The molecule has 15 heavy (non-hydrogen) atoms. The third-order valence-electron chi connectivity index (χ3n) is 2.85. The zero-order valence-corrected chi connectivity index (χ0v) is 9.45. The van der Waals surface area contributed by atoms with Crippen LogP contribution in [0.2, 0.25) is 0 Å². The summed E-state index contributed by atoms with van der Waals surface area (Å²) in [7, 11) is 0. The van der Waals surface area contributed by atoms with E-state index in [1.54, 1.807) is 0 Å². The Morgan fingerprint density at radius 1 is 1.67 bits per heavy atom. The molecule has 0 bridgehead atoms. The summed E-state index contributed by atoms with van der Waals surface area (Å²) in [5, 5.41) is 0. The maximum absolute atomic E-state index is 11.1. The first-order valence-corrected chi connectivity index (χ1v) is 5.19. The van der Waals surface area contributed by atoms with Gasteiger partial charge in [0.1, 0.15) is 6.10 Å². The number of hydrogen-bond acceptors (Lipinski definition) is 2. The van der Waals surface area contributed by atoms with Crippen molar-refractivity contribution in [3.05, 3.63) is 36.5 Å². The maximum Gasteiger partial charge on any atom is 0.330 e. The van der Waals surface area contributed by atoms with Gasteiger partial charge in [-0.05, 0) is 38.2 Å². The topological polar surface area (TPSA) is 26.3 Å². The Balaban J connectivity index is 2.67. The molecular weight excluding hydrogens is 188 g/mol. The second-order valence-corrected chi connectivity index (χ2v) is 4.09. The van der Waals surface area contributed by atoms with Crippen LogP contribution in [-0.2, 0) is 9.53 Å². The molecule has 2 heteroatoms. The quantitative estimate of drug-likeness (QED) is 0.403. The minimum absolute atomic E-state index is 0.106. The van der Waals surface area contributed by atoms with Crippen molar-refractivity contribution in [3.63, 3.8) is 0 Å². The van der Waals surface area contributed by atoms with Crippen molar-refractivity contribution in [2.75, 3.05) is 0 Å². The van der Waals surface area contributed by atoms with Crippen LogP contribution < -0.4 is 0 Å². The third-order valence-corrected chi connectivity index (χ3v) is 2.85. The van der Waals surface area contributed by atoms with Crippen LogP contribution in [-0.4, -0.2) is 12.1 Å². The van der Waals surface area contributed by atoms with Gasteiger partial charge >= 0.3 is 5.97 Å². The van der Waals surface area contributed by atoms with E-state index in [-0.39, 0.29) is 12.1 Å². The molecular formula is C13H18O2. The number of allylic oxidation sites excluding steroid dienone is 2. The summed E-state index contributed by atoms with van der Waals surface area (Å²) in [4.78, 5) is 11.1. The third kappa shape index (κ3) is 3.08. The van der Waals surface area contributed by atoms with Gasteiger partial charge in [0.2, 0.25) is 0 Å². The van der Waals surface area contributed by atoms with Gasteiger partial charge in [0.15, 0.2) is 0 Å². The van der Waals surface area contributed by atoms with Gasteiger partial charge in [0.25, 0.3) is 0 Å². The predicted octanol–water partition coefficient (Wildman–Crippen LogP) is 3.02. The second kappa shape index (κ2) is 4.96. The molecule has 1 aliphatic rings. The van der Waals surface area contributed by atoms with Crippen LogP contribution in [0.1, 0.15) is 26.7 Å². The SMILES string of the molecule is C=CC(=O)O[C@@H]1C[C@H](C(=C)C)CC=C1C. The van der Waals surface area contributed by atoms with Crippen molar-refractivity contribution in [2.45, 2.75) is 32.8 Å². The Kier molecular flexibility index (Phi) is 3.89. The standard InChI is InChI=1S/C13H18O2/c1-5-13(14)15-12-8-11(9(2)3)7-6-10(12)4/h5-6,11-12H,1-2,7-8H2,3-4H3/t11-,12-/m1/s1. The fourth-order valence-electron chi connectivity index (χ4n) is 1.73. The molecule has 0 aromatic heterocycles. The largest absolute Gasteiger partial charge is 0.455 e. The molecule has 0 heterocycles. The van der Waals surface area contributed by atoms with Crippen molar-refractivity contribution in [3.8, 4) is 0 Å². The van der Waals surface area contributed by atoms with Gasteiger partial charge in [-0.3, -0.25) is 0 Å². The van der Waals surface area contributed by atoms with E-state index < -0.39 is 0 Å². The van der Waals surface area contributed by atoms with Crippen molar-refractivity contribution >= 4 is 5.97 Å². The number of ether oxygens (including phenoxy) is 1. The highest BCUT2D eigenvalue weighted by Crippen LogP contribution is 2.30. The zero-order valence-electron chi connectivity index (χ0n) is 9.45. The summed E-state index contributed by atoms with van der Waals surface area (Å²) in [6.45, 7) is 11.4. The first-order chi connectivity index (χ1) is 7.04. The summed E-state index contributed by atoms with van der Waals surface area (Å²) < 4.78 is 5.27. The highest BCUT2D eigenvalue weighted by molar-refractivity contribution is 5.81. The number of hydrogen-bond donors (Lipinski definition) is 0. The normalized spacial score (nSPS) is 25.3. The Morgan fingerprint density at radius 2 is 2.33 bits per heavy atom. The number of esters is 1. The molecule has 0 aromatic carbocycles. The molecule has 0 radical (unpaired) electrons. The van der Waals surface area contributed by atoms with Gasteiger partial charge in [0.05, 0.1) is 0 Å². The van der Waals surface area contributed by atoms with Crippen molar-refractivity contribution in [1.29, 1.82) is 0 Å². The highest BCUT2D eigenvalue weighted by atomic mass is 16.5. The van der Waals surface area contributed by atoms with Gasteiger partial charge in [-0.1, -0.05) is 24.8 Å². The van der Waals surface area contributed by atoms with E-state index in [4.69, 9.17) is 4.74 Å². The van der Waals surface area contributed by atoms with E-state index in [0.29, 0.717) is 5.92 Å². The van der Waals surface area contributed by atoms with Gasteiger partial charge in [0, 0.05) is 6.08 Å². The van der Waals surface area contributed by atoms with E-state index in [0.717, 1.165) is 24.0 Å². The minimum Gasteiger partial charge on any atom is -0.455 e. The predicted molar refractivity (Wildman–Crippen MR) is 61.4 cm³/mol. The van der Waals surface area contributed by atoms with E-state index in [9.17, 15) is 4.79 Å². The lowest BCUT2D eigenvalue weighted by molar-refractivity contribution is -0.142. The number of carbonyl (C=O) groups is 1. The van der Waals surface area contributed by atoms with Crippen LogP contribution in [0.25, 0.3) is 0 Å². The van der Waals surface area contributed by atoms with Crippen LogP contribution in [0.5, 0.6) is 0 Å². The Hall–Kier alpha value is -1.31. The average Bonchev–Trinajstić information content (AvgIpc) is 2.20. The lowest BCUT2D eigenvalue weighted by atomic mass is 9.84. The smallest absolute Gasteiger partial charge is 0.330 e. The molecule has 0 saturated heterocycles. The van der Waals surface area contributed by atoms with E-state index in [1.165, 1.54) is 6.08 Å². The first-order valence-electron chi connectivity index (χ1n) is 5.19. The monoisotopic (exact) mass is 206 g/mol. The van der Waals surface area contributed by atoms with Crippen LogP contribution in [0, 0.1) is 5.92 Å². The highest BCUT2D eigenvalue weighted by Gasteiger charge is 2.24. The number of rotatable bonds is 3. The first kappa shape index (κ1) is 11.8. The molecule has 0 unspecified atom stereocenters. The van der Waals surface area contributed by atoms with Crippen molar-refractivity contribution < 1.29 is 9.53 Å². The Morgan fingerprint density at radius 3 is 2.87 bits per heavy atom. The number of carbonyl (C=O) groups excluding carboxylic acids is 1. The van der Waals surface area contributed by atoms with Crippen molar-refractivity contribution in [1.82, 2.24) is 0 Å². The summed E-state index contributed by atoms with van der Waals surface area (Å²) in [5.41, 5.74) is 2.28. The van der Waals surface area contributed by atoms with Crippen LogP contribution in [0.4, 0.5) is 0 Å². The molecule has 1 rings (SSSR count). The van der Waals surface area contributed by atoms with E-state index in [1.807, 2.05) is 13.8 Å². The van der Waals surface area contributed by atoms with Gasteiger partial charge < -0.3 is 4.74 Å². The minimum atomic E-state index is -0.352. The van der Waals surface area contributed by atoms with Gasteiger partial charge in [-0.15, -0.1) is 0 Å². The fourth-order valence-corrected chi connectivity index (χ4v) is 1.73. The molecule has 0 saturated carbocycles. The average molecular weight is 206 g/mol. The Labute approximate surface area is 91.3 Å². The lowest BCUT2D eigenvalue weighted by Gasteiger charge is -2.28. The summed E-state index contributed by atoms with van der Waals surface area (Å²) in [5.74, 6) is 0.0754. The van der Waals surface area contributed by atoms with Gasteiger partial charge in [-0.2, -0.15) is 0 Å². The van der Waals surface area contributed by atoms with Crippen LogP contribution in [0.3, 0.4) is 0 Å². The molecule has 2 nitrogen and oxygen atoms in total. The van der Waals surface area contributed by atoms with Crippen LogP contribution in [0.15, 0.2) is 36.5 Å². The van der Waals surface area contributed by atoms with E-state index >= 15 is 0 Å². The maximum atomic E-state index is 11.1. The molecule has 82 valence electrons. The summed E-state index contributed by atoms with van der Waals surface area (Å²) >= 11 is 0. The fraction of sp³-hybridized carbons (Fsp3) is 0.462. The molecule has 0 N–H and O–H groups in total. The van der Waals surface area contributed by atoms with E-state index in [2.05, 4.69) is 19.2 Å². The summed E-state index contributed by atoms with van der Waals surface area (Å²) in [6.07, 6.45) is 5.08. The molecule has 0 amide bonds. The molecule has 2 atom stereocenters. The zero-order chi connectivity index (χ0) is 11.4. The molecule has 0 aromatic rings. The Bertz CT molecular complexity index is 312. The molecule has 1 aliphatic carbocycles. The molecule has 0 fully saturated rings. The molecule has 0 spiro atoms.